The molecule has 2 aromatic carbocycles. The second-order valence-electron chi connectivity index (χ2n) is 9.68. The molecule has 1 aliphatic heterocycles. The third kappa shape index (κ3) is 4.17. The molecule has 4 aromatic rings. The first-order chi connectivity index (χ1) is 16.9. The van der Waals surface area contributed by atoms with Gasteiger partial charge in [0.2, 0.25) is 0 Å². The highest BCUT2D eigenvalue weighted by atomic mass is 16.5. The van der Waals surface area contributed by atoms with Crippen LogP contribution in [0.25, 0.3) is 33.5 Å². The van der Waals surface area contributed by atoms with E-state index in [-0.39, 0.29) is 24.5 Å². The van der Waals surface area contributed by atoms with Gasteiger partial charge in [0.15, 0.2) is 5.82 Å². The number of para-hydroxylation sites is 1. The van der Waals surface area contributed by atoms with E-state index < -0.39 is 0 Å². The standard InChI is InChI=1S/C27H33N5O3/c1-17(16-33)14-32-22-9-5-4-7-18(22)12-23(32)26-29-21-11-19(13-24(35-3)25(21)30(26)2)27(34)31-10-6-8-20(28)15-31/h4-5,7,9,11-13,17,20,33H,6,8,10,14-16,28H2,1-3H3/t17-,20+/m0/s1. The highest BCUT2D eigenvalue weighted by Crippen LogP contribution is 2.35. The van der Waals surface area contributed by atoms with Crippen LogP contribution in [0.5, 0.6) is 5.75 Å². The van der Waals surface area contributed by atoms with Gasteiger partial charge in [0.1, 0.15) is 11.3 Å². The zero-order valence-electron chi connectivity index (χ0n) is 20.6. The Morgan fingerprint density at radius 1 is 1.29 bits per heavy atom. The van der Waals surface area contributed by atoms with E-state index in [1.54, 1.807) is 13.2 Å². The molecular formula is C27H33N5O3. The average molecular weight is 476 g/mol. The molecule has 0 spiro atoms. The van der Waals surface area contributed by atoms with Crippen molar-refractivity contribution in [1.29, 1.82) is 0 Å². The number of aromatic nitrogens is 3. The smallest absolute Gasteiger partial charge is 0.254 e. The normalized spacial score (nSPS) is 17.3. The number of aliphatic hydroxyl groups excluding tert-OH is 1. The number of imidazole rings is 1. The van der Waals surface area contributed by atoms with E-state index in [1.165, 1.54) is 0 Å². The van der Waals surface area contributed by atoms with Crippen molar-refractivity contribution >= 4 is 27.8 Å². The number of carbonyl (C=O) groups is 1. The third-order valence-electron chi connectivity index (χ3n) is 6.99. The predicted octanol–water partition coefficient (Wildman–Crippen LogP) is 3.40. The maximum atomic E-state index is 13.3. The van der Waals surface area contributed by atoms with Crippen LogP contribution in [0.1, 0.15) is 30.1 Å². The first kappa shape index (κ1) is 23.4. The molecule has 3 N–H and O–H groups in total. The van der Waals surface area contributed by atoms with Crippen molar-refractivity contribution in [2.24, 2.45) is 18.7 Å². The number of likely N-dealkylation sites (tertiary alicyclic amines) is 1. The number of hydrogen-bond acceptors (Lipinski definition) is 5. The molecule has 2 aromatic heterocycles. The lowest BCUT2D eigenvalue weighted by Gasteiger charge is -2.30. The largest absolute Gasteiger partial charge is 0.494 e. The Balaban J connectivity index is 1.64. The van der Waals surface area contributed by atoms with Crippen LogP contribution in [-0.2, 0) is 13.6 Å². The number of carbonyl (C=O) groups excluding carboxylic acids is 1. The van der Waals surface area contributed by atoms with E-state index in [1.807, 2.05) is 41.6 Å². The minimum absolute atomic E-state index is 0.0167. The van der Waals surface area contributed by atoms with Gasteiger partial charge in [-0.25, -0.2) is 4.98 Å². The van der Waals surface area contributed by atoms with Gasteiger partial charge in [0.05, 0.1) is 18.3 Å². The topological polar surface area (TPSA) is 98.5 Å². The van der Waals surface area contributed by atoms with Crippen LogP contribution in [0.4, 0.5) is 0 Å². The molecule has 0 bridgehead atoms. The summed E-state index contributed by atoms with van der Waals surface area (Å²) in [5.41, 5.74) is 10.3. The Hall–Kier alpha value is -3.36. The maximum absolute atomic E-state index is 13.3. The first-order valence-corrected chi connectivity index (χ1v) is 12.2. The Morgan fingerprint density at radius 2 is 2.09 bits per heavy atom. The number of nitrogens with zero attached hydrogens (tertiary/aromatic N) is 4. The Bertz CT molecular complexity index is 1390. The van der Waals surface area contributed by atoms with Crippen LogP contribution in [0.15, 0.2) is 42.5 Å². The zero-order valence-corrected chi connectivity index (χ0v) is 20.6. The molecule has 0 unspecified atom stereocenters. The molecule has 0 aliphatic carbocycles. The summed E-state index contributed by atoms with van der Waals surface area (Å²) in [4.78, 5) is 20.1. The van der Waals surface area contributed by atoms with Crippen LogP contribution in [0, 0.1) is 5.92 Å². The fraction of sp³-hybridized carbons (Fsp3) is 0.407. The van der Waals surface area contributed by atoms with Gasteiger partial charge in [-0.05, 0) is 43.0 Å². The van der Waals surface area contributed by atoms with Crippen molar-refractivity contribution in [3.05, 3.63) is 48.0 Å². The number of benzene rings is 2. The molecule has 35 heavy (non-hydrogen) atoms. The highest BCUT2D eigenvalue weighted by Gasteiger charge is 2.25. The van der Waals surface area contributed by atoms with Crippen molar-refractivity contribution in [2.45, 2.75) is 32.4 Å². The van der Waals surface area contributed by atoms with Crippen LogP contribution in [-0.4, -0.2) is 62.9 Å². The number of aliphatic hydroxyl groups is 1. The molecular weight excluding hydrogens is 442 g/mol. The quantitative estimate of drug-likeness (QED) is 0.445. The Labute approximate surface area is 204 Å². The fourth-order valence-electron chi connectivity index (χ4n) is 5.16. The van der Waals surface area contributed by atoms with Gasteiger partial charge < -0.3 is 29.6 Å². The second kappa shape index (κ2) is 9.36. The number of hydrogen-bond donors (Lipinski definition) is 2. The van der Waals surface area contributed by atoms with Gasteiger partial charge in [-0.3, -0.25) is 4.79 Å². The van der Waals surface area contributed by atoms with Crippen molar-refractivity contribution < 1.29 is 14.6 Å². The second-order valence-corrected chi connectivity index (χ2v) is 9.68. The van der Waals surface area contributed by atoms with Crippen molar-refractivity contribution in [3.63, 3.8) is 0 Å². The molecule has 8 heteroatoms. The van der Waals surface area contributed by atoms with Gasteiger partial charge in [0, 0.05) is 55.8 Å². The summed E-state index contributed by atoms with van der Waals surface area (Å²) in [6.07, 6.45) is 1.86. The number of piperidine rings is 1. The van der Waals surface area contributed by atoms with E-state index in [0.29, 0.717) is 36.5 Å². The monoisotopic (exact) mass is 475 g/mol. The van der Waals surface area contributed by atoms with Crippen LogP contribution < -0.4 is 10.5 Å². The SMILES string of the molecule is COc1cc(C(=O)N2CCC[C@@H](N)C2)cc2nc(-c3cc4ccccc4n3C[C@H](C)CO)n(C)c12. The van der Waals surface area contributed by atoms with E-state index in [9.17, 15) is 9.90 Å². The number of fused-ring (bicyclic) bond motifs is 2. The third-order valence-corrected chi connectivity index (χ3v) is 6.99. The van der Waals surface area contributed by atoms with Gasteiger partial charge in [-0.1, -0.05) is 25.1 Å². The van der Waals surface area contributed by atoms with E-state index in [4.69, 9.17) is 15.5 Å². The Kier molecular flexibility index (Phi) is 6.25. The molecule has 0 radical (unpaired) electrons. The van der Waals surface area contributed by atoms with E-state index >= 15 is 0 Å². The zero-order chi connectivity index (χ0) is 24.7. The molecule has 184 valence electrons. The Morgan fingerprint density at radius 3 is 2.83 bits per heavy atom. The average Bonchev–Trinajstić information content (AvgIpc) is 3.40. The number of aryl methyl sites for hydroxylation is 1. The predicted molar refractivity (Wildman–Crippen MR) is 138 cm³/mol. The first-order valence-electron chi connectivity index (χ1n) is 12.2. The lowest BCUT2D eigenvalue weighted by molar-refractivity contribution is 0.0708. The number of rotatable bonds is 6. The van der Waals surface area contributed by atoms with Crippen LogP contribution in [0.2, 0.25) is 0 Å². The fourth-order valence-corrected chi connectivity index (χ4v) is 5.16. The van der Waals surface area contributed by atoms with Crippen molar-refractivity contribution in [3.8, 4) is 17.3 Å². The number of ether oxygens (including phenoxy) is 1. The molecule has 3 heterocycles. The lowest BCUT2D eigenvalue weighted by atomic mass is 10.0. The van der Waals surface area contributed by atoms with Crippen LogP contribution in [0.3, 0.4) is 0 Å². The van der Waals surface area contributed by atoms with Crippen molar-refractivity contribution in [1.82, 2.24) is 19.0 Å². The molecule has 1 saturated heterocycles. The molecule has 1 fully saturated rings. The highest BCUT2D eigenvalue weighted by molar-refractivity contribution is 6.00. The van der Waals surface area contributed by atoms with E-state index in [0.717, 1.165) is 40.8 Å². The molecule has 0 saturated carbocycles. The molecule has 5 rings (SSSR count). The lowest BCUT2D eigenvalue weighted by Crippen LogP contribution is -2.45. The summed E-state index contributed by atoms with van der Waals surface area (Å²) in [6.45, 7) is 4.08. The van der Waals surface area contributed by atoms with E-state index in [2.05, 4.69) is 22.8 Å². The summed E-state index contributed by atoms with van der Waals surface area (Å²) < 4.78 is 9.97. The summed E-state index contributed by atoms with van der Waals surface area (Å²) >= 11 is 0. The summed E-state index contributed by atoms with van der Waals surface area (Å²) in [5.74, 6) is 1.44. The summed E-state index contributed by atoms with van der Waals surface area (Å²) in [5, 5.41) is 10.8. The minimum atomic E-state index is -0.0431. The van der Waals surface area contributed by atoms with Gasteiger partial charge in [0.25, 0.3) is 5.91 Å². The minimum Gasteiger partial charge on any atom is -0.494 e. The molecule has 1 aliphatic rings. The molecule has 8 nitrogen and oxygen atoms in total. The maximum Gasteiger partial charge on any atom is 0.254 e. The van der Waals surface area contributed by atoms with Gasteiger partial charge in [-0.15, -0.1) is 0 Å². The van der Waals surface area contributed by atoms with Gasteiger partial charge >= 0.3 is 0 Å². The summed E-state index contributed by atoms with van der Waals surface area (Å²) in [6, 6.07) is 14.0. The number of amides is 1. The molecule has 1 amide bonds. The number of methoxy groups -OCH3 is 1. The number of nitrogens with two attached hydrogens (primary N) is 1. The van der Waals surface area contributed by atoms with Gasteiger partial charge in [-0.2, -0.15) is 0 Å². The van der Waals surface area contributed by atoms with Crippen molar-refractivity contribution in [2.75, 3.05) is 26.8 Å². The summed E-state index contributed by atoms with van der Waals surface area (Å²) in [7, 11) is 3.59. The molecule has 2 atom stereocenters. The van der Waals surface area contributed by atoms with Crippen LogP contribution >= 0.6 is 0 Å².